The topological polar surface area (TPSA) is 45.2 Å². The number of amides is 2. The zero-order valence-corrected chi connectivity index (χ0v) is 16.0. The minimum atomic E-state index is -0.0171. The molecule has 1 heterocycles. The zero-order valence-electron chi connectivity index (χ0n) is 16.0. The quantitative estimate of drug-likeness (QED) is 0.776. The van der Waals surface area contributed by atoms with Crippen LogP contribution in [0, 0.1) is 13.8 Å². The maximum absolute atomic E-state index is 13.2. The van der Waals surface area contributed by atoms with Gasteiger partial charge in [-0.25, -0.2) is 4.79 Å². The van der Waals surface area contributed by atoms with Crippen LogP contribution in [0.3, 0.4) is 0 Å². The van der Waals surface area contributed by atoms with Gasteiger partial charge >= 0.3 is 6.03 Å². The molecule has 1 aromatic carbocycles. The first-order valence-electron chi connectivity index (χ1n) is 9.63. The third-order valence-corrected chi connectivity index (χ3v) is 5.54. The normalized spacial score (nSPS) is 16.1. The molecule has 0 spiro atoms. The Balaban J connectivity index is 1.83. The molecule has 1 saturated carbocycles. The molecule has 3 rings (SSSR count). The number of aryl methyl sites for hydroxylation is 2. The van der Waals surface area contributed by atoms with Gasteiger partial charge in [-0.15, -0.1) is 0 Å². The van der Waals surface area contributed by atoms with Gasteiger partial charge in [-0.05, 0) is 68.5 Å². The second-order valence-corrected chi connectivity index (χ2v) is 7.39. The highest BCUT2D eigenvalue weighted by Crippen LogP contribution is 2.30. The molecule has 4 nitrogen and oxygen atoms in total. The van der Waals surface area contributed by atoms with Crippen LogP contribution in [0.4, 0.5) is 10.5 Å². The van der Waals surface area contributed by atoms with Gasteiger partial charge in [0.15, 0.2) is 0 Å². The van der Waals surface area contributed by atoms with Crippen molar-refractivity contribution in [2.75, 3.05) is 5.32 Å². The predicted molar refractivity (Wildman–Crippen MR) is 106 cm³/mol. The van der Waals surface area contributed by atoms with E-state index in [1.807, 2.05) is 29.3 Å². The fourth-order valence-electron chi connectivity index (χ4n) is 3.81. The smallest absolute Gasteiger partial charge is 0.315 e. The van der Waals surface area contributed by atoms with E-state index in [-0.39, 0.29) is 18.1 Å². The van der Waals surface area contributed by atoms with E-state index in [1.165, 1.54) is 30.4 Å². The standard InChI is InChI=1S/C22H29N3O/c1-16-11-12-20(14-17(16)2)24-22(26)25(21-9-5-4-6-10-21)18(3)19-8-7-13-23-15-19/h7-8,11-15,18,21H,4-6,9-10H2,1-3H3,(H,24,26)/t18-/m0/s1. The van der Waals surface area contributed by atoms with Gasteiger partial charge in [0.2, 0.25) is 0 Å². The molecule has 26 heavy (non-hydrogen) atoms. The molecule has 0 aliphatic heterocycles. The molecule has 4 heteroatoms. The molecule has 2 aromatic rings. The third-order valence-electron chi connectivity index (χ3n) is 5.54. The van der Waals surface area contributed by atoms with E-state index in [9.17, 15) is 4.79 Å². The fourth-order valence-corrected chi connectivity index (χ4v) is 3.81. The van der Waals surface area contributed by atoms with Crippen LogP contribution in [0.5, 0.6) is 0 Å². The monoisotopic (exact) mass is 351 g/mol. The van der Waals surface area contributed by atoms with E-state index in [0.29, 0.717) is 0 Å². The van der Waals surface area contributed by atoms with Crippen molar-refractivity contribution in [3.8, 4) is 0 Å². The van der Waals surface area contributed by atoms with E-state index in [1.54, 1.807) is 6.20 Å². The minimum absolute atomic E-state index is 0.00153. The lowest BCUT2D eigenvalue weighted by Crippen LogP contribution is -2.45. The first-order valence-corrected chi connectivity index (χ1v) is 9.63. The summed E-state index contributed by atoms with van der Waals surface area (Å²) in [4.78, 5) is 19.5. The summed E-state index contributed by atoms with van der Waals surface area (Å²) in [5.41, 5.74) is 4.36. The van der Waals surface area contributed by atoms with Crippen LogP contribution in [0.15, 0.2) is 42.7 Å². The highest BCUT2D eigenvalue weighted by atomic mass is 16.2. The van der Waals surface area contributed by atoms with Crippen molar-refractivity contribution in [1.82, 2.24) is 9.88 Å². The van der Waals surface area contributed by atoms with Crippen LogP contribution in [0.25, 0.3) is 0 Å². The summed E-state index contributed by atoms with van der Waals surface area (Å²) in [5.74, 6) is 0. The summed E-state index contributed by atoms with van der Waals surface area (Å²) < 4.78 is 0. The second-order valence-electron chi connectivity index (χ2n) is 7.39. The number of carbonyl (C=O) groups excluding carboxylic acids is 1. The fraction of sp³-hybridized carbons (Fsp3) is 0.455. The van der Waals surface area contributed by atoms with Gasteiger partial charge in [0, 0.05) is 24.1 Å². The van der Waals surface area contributed by atoms with E-state index >= 15 is 0 Å². The molecule has 2 amide bonds. The lowest BCUT2D eigenvalue weighted by Gasteiger charge is -2.38. The number of nitrogens with zero attached hydrogens (tertiary/aromatic N) is 2. The third kappa shape index (κ3) is 4.24. The Morgan fingerprint density at radius 2 is 1.92 bits per heavy atom. The molecule has 1 atom stereocenters. The van der Waals surface area contributed by atoms with E-state index in [2.05, 4.69) is 43.2 Å². The Hall–Kier alpha value is -2.36. The number of pyridine rings is 1. The Bertz CT molecular complexity index is 738. The summed E-state index contributed by atoms with van der Waals surface area (Å²) >= 11 is 0. The van der Waals surface area contributed by atoms with Crippen molar-refractivity contribution in [2.24, 2.45) is 0 Å². The molecule has 0 radical (unpaired) electrons. The lowest BCUT2D eigenvalue weighted by atomic mass is 9.92. The van der Waals surface area contributed by atoms with Gasteiger partial charge < -0.3 is 10.2 Å². The lowest BCUT2D eigenvalue weighted by molar-refractivity contribution is 0.139. The molecule has 0 unspecified atom stereocenters. The number of hydrogen-bond acceptors (Lipinski definition) is 2. The van der Waals surface area contributed by atoms with Gasteiger partial charge in [-0.1, -0.05) is 31.4 Å². The number of aromatic nitrogens is 1. The Kier molecular flexibility index (Phi) is 5.92. The van der Waals surface area contributed by atoms with Crippen LogP contribution in [0.1, 0.15) is 61.8 Å². The molecule has 0 saturated heterocycles. The molecule has 0 bridgehead atoms. The summed E-state index contributed by atoms with van der Waals surface area (Å²) in [6, 6.07) is 10.3. The van der Waals surface area contributed by atoms with Gasteiger partial charge in [0.05, 0.1) is 6.04 Å². The van der Waals surface area contributed by atoms with Crippen molar-refractivity contribution in [1.29, 1.82) is 0 Å². The number of hydrogen-bond donors (Lipinski definition) is 1. The second kappa shape index (κ2) is 8.35. The highest BCUT2D eigenvalue weighted by molar-refractivity contribution is 5.90. The minimum Gasteiger partial charge on any atom is -0.315 e. The molecule has 1 fully saturated rings. The first-order chi connectivity index (χ1) is 12.6. The maximum atomic E-state index is 13.2. The van der Waals surface area contributed by atoms with E-state index in [4.69, 9.17) is 0 Å². The Morgan fingerprint density at radius 3 is 2.58 bits per heavy atom. The van der Waals surface area contributed by atoms with Crippen molar-refractivity contribution >= 4 is 11.7 Å². The Labute approximate surface area is 156 Å². The van der Waals surface area contributed by atoms with Gasteiger partial charge in [0.25, 0.3) is 0 Å². The Morgan fingerprint density at radius 1 is 1.15 bits per heavy atom. The van der Waals surface area contributed by atoms with Crippen LogP contribution >= 0.6 is 0 Å². The van der Waals surface area contributed by atoms with Crippen molar-refractivity contribution in [2.45, 2.75) is 65.0 Å². The molecule has 1 N–H and O–H groups in total. The predicted octanol–water partition coefficient (Wildman–Crippen LogP) is 5.63. The molecular formula is C22H29N3O. The number of benzene rings is 1. The molecule has 1 aliphatic carbocycles. The zero-order chi connectivity index (χ0) is 18.5. The van der Waals surface area contributed by atoms with Crippen LogP contribution in [-0.4, -0.2) is 22.0 Å². The number of rotatable bonds is 4. The van der Waals surface area contributed by atoms with E-state index < -0.39 is 0 Å². The van der Waals surface area contributed by atoms with Gasteiger partial charge in [0.1, 0.15) is 0 Å². The largest absolute Gasteiger partial charge is 0.322 e. The average Bonchev–Trinajstić information content (AvgIpc) is 2.66. The summed E-state index contributed by atoms with van der Waals surface area (Å²) in [6.07, 6.45) is 9.44. The summed E-state index contributed by atoms with van der Waals surface area (Å²) in [7, 11) is 0. The SMILES string of the molecule is Cc1ccc(NC(=O)N(C2CCCCC2)[C@@H](C)c2cccnc2)cc1C. The van der Waals surface area contributed by atoms with Gasteiger partial charge in [-0.3, -0.25) is 4.98 Å². The maximum Gasteiger partial charge on any atom is 0.322 e. The first kappa shape index (κ1) is 18.4. The number of anilines is 1. The highest BCUT2D eigenvalue weighted by Gasteiger charge is 2.30. The molecule has 138 valence electrons. The van der Waals surface area contributed by atoms with Gasteiger partial charge in [-0.2, -0.15) is 0 Å². The summed E-state index contributed by atoms with van der Waals surface area (Å²) in [6.45, 7) is 6.26. The molecule has 1 aliphatic rings. The number of carbonyl (C=O) groups is 1. The van der Waals surface area contributed by atoms with Crippen LogP contribution < -0.4 is 5.32 Å². The van der Waals surface area contributed by atoms with Crippen molar-refractivity contribution in [3.05, 3.63) is 59.4 Å². The van der Waals surface area contributed by atoms with E-state index in [0.717, 1.165) is 24.1 Å². The van der Waals surface area contributed by atoms with Crippen LogP contribution in [-0.2, 0) is 0 Å². The average molecular weight is 351 g/mol. The number of urea groups is 1. The van der Waals surface area contributed by atoms with Crippen molar-refractivity contribution in [3.63, 3.8) is 0 Å². The molecule has 1 aromatic heterocycles. The number of nitrogens with one attached hydrogen (secondary N) is 1. The van der Waals surface area contributed by atoms with Crippen molar-refractivity contribution < 1.29 is 4.79 Å². The van der Waals surface area contributed by atoms with Crippen LogP contribution in [0.2, 0.25) is 0 Å². The summed E-state index contributed by atoms with van der Waals surface area (Å²) in [5, 5.41) is 3.12. The molecular weight excluding hydrogens is 322 g/mol.